The number of nitriles is 1. The van der Waals surface area contributed by atoms with Crippen LogP contribution >= 0.6 is 0 Å². The molecule has 0 amide bonds. The van der Waals surface area contributed by atoms with Gasteiger partial charge in [-0.1, -0.05) is 84.0 Å². The fourth-order valence-electron chi connectivity index (χ4n) is 2.78. The SMILES string of the molecule is CC#N.CCCCCCCCCCCCCCCC[N+](C)(C)C.[Br-]. The molecule has 0 aromatic carbocycles. The molecule has 0 aromatic rings. The molecule has 0 aliphatic carbocycles. The number of rotatable bonds is 15. The molecule has 2 nitrogen and oxygen atoms in total. The Hall–Kier alpha value is -0.0700. The summed E-state index contributed by atoms with van der Waals surface area (Å²) in [5.41, 5.74) is 0. The number of hydrogen-bond donors (Lipinski definition) is 0. The van der Waals surface area contributed by atoms with Crippen LogP contribution in [-0.4, -0.2) is 32.2 Å². The van der Waals surface area contributed by atoms with Gasteiger partial charge in [-0.2, -0.15) is 5.26 Å². The van der Waals surface area contributed by atoms with Crippen molar-refractivity contribution in [2.75, 3.05) is 27.7 Å². The van der Waals surface area contributed by atoms with Crippen LogP contribution in [0.3, 0.4) is 0 Å². The predicted octanol–water partition coefficient (Wildman–Crippen LogP) is 3.71. The second-order valence-electron chi connectivity index (χ2n) is 7.83. The van der Waals surface area contributed by atoms with Crippen molar-refractivity contribution in [1.29, 1.82) is 5.26 Å². The van der Waals surface area contributed by atoms with Gasteiger partial charge in [-0.05, 0) is 12.8 Å². The van der Waals surface area contributed by atoms with Crippen LogP contribution in [0, 0.1) is 11.3 Å². The number of hydrogen-bond acceptors (Lipinski definition) is 1. The first-order valence-electron chi connectivity index (χ1n) is 10.1. The average Bonchev–Trinajstić information content (AvgIpc) is 2.47. The fraction of sp³-hybridized carbons (Fsp3) is 0.952. The minimum Gasteiger partial charge on any atom is -1.00 e. The minimum atomic E-state index is 0. The second kappa shape index (κ2) is 22.9. The van der Waals surface area contributed by atoms with Gasteiger partial charge in [0.05, 0.1) is 33.8 Å². The summed E-state index contributed by atoms with van der Waals surface area (Å²) < 4.78 is 1.12. The van der Waals surface area contributed by atoms with E-state index in [-0.39, 0.29) is 17.0 Å². The Bertz CT molecular complexity index is 254. The normalized spacial score (nSPS) is 10.3. The van der Waals surface area contributed by atoms with Gasteiger partial charge in [0.1, 0.15) is 0 Å². The molecule has 24 heavy (non-hydrogen) atoms. The molecule has 0 aliphatic heterocycles. The van der Waals surface area contributed by atoms with Crippen LogP contribution in [0.1, 0.15) is 104 Å². The van der Waals surface area contributed by atoms with E-state index in [1.54, 1.807) is 6.07 Å². The van der Waals surface area contributed by atoms with Gasteiger partial charge in [0.25, 0.3) is 0 Å². The van der Waals surface area contributed by atoms with Crippen molar-refractivity contribution in [1.82, 2.24) is 0 Å². The zero-order valence-electron chi connectivity index (χ0n) is 17.4. The Morgan fingerprint density at radius 3 is 1.12 bits per heavy atom. The minimum absolute atomic E-state index is 0. The van der Waals surface area contributed by atoms with E-state index in [0.29, 0.717) is 0 Å². The van der Waals surface area contributed by atoms with Crippen LogP contribution in [0.2, 0.25) is 0 Å². The third kappa shape index (κ3) is 33.5. The van der Waals surface area contributed by atoms with E-state index in [4.69, 9.17) is 5.26 Å². The topological polar surface area (TPSA) is 23.8 Å². The lowest BCUT2D eigenvalue weighted by Crippen LogP contribution is -3.00. The molecule has 0 fully saturated rings. The van der Waals surface area contributed by atoms with Crippen molar-refractivity contribution in [3.63, 3.8) is 0 Å². The molecule has 0 heterocycles. The molecular formula is C21H45BrN2. The van der Waals surface area contributed by atoms with E-state index >= 15 is 0 Å². The quantitative estimate of drug-likeness (QED) is 0.301. The van der Waals surface area contributed by atoms with Crippen molar-refractivity contribution in [2.24, 2.45) is 0 Å². The number of quaternary nitrogens is 1. The van der Waals surface area contributed by atoms with Gasteiger partial charge in [-0.25, -0.2) is 0 Å². The van der Waals surface area contributed by atoms with E-state index in [1.807, 2.05) is 0 Å². The molecule has 3 heteroatoms. The summed E-state index contributed by atoms with van der Waals surface area (Å²) >= 11 is 0. The lowest BCUT2D eigenvalue weighted by molar-refractivity contribution is -0.870. The fourth-order valence-corrected chi connectivity index (χ4v) is 2.78. The summed E-state index contributed by atoms with van der Waals surface area (Å²) in [5.74, 6) is 0. The Morgan fingerprint density at radius 2 is 0.875 bits per heavy atom. The first-order valence-corrected chi connectivity index (χ1v) is 10.1. The Balaban J connectivity index is -0.00000102. The molecule has 0 bridgehead atoms. The summed E-state index contributed by atoms with van der Waals surface area (Å²) in [5, 5.41) is 7.32. The summed E-state index contributed by atoms with van der Waals surface area (Å²) in [7, 11) is 6.88. The summed E-state index contributed by atoms with van der Waals surface area (Å²) in [6.45, 7) is 5.06. The van der Waals surface area contributed by atoms with Crippen molar-refractivity contribution in [2.45, 2.75) is 104 Å². The molecule has 0 saturated heterocycles. The molecule has 0 unspecified atom stereocenters. The highest BCUT2D eigenvalue weighted by Crippen LogP contribution is 2.13. The van der Waals surface area contributed by atoms with Crippen LogP contribution < -0.4 is 17.0 Å². The Morgan fingerprint density at radius 1 is 0.625 bits per heavy atom. The van der Waals surface area contributed by atoms with Crippen LogP contribution in [0.15, 0.2) is 0 Å². The maximum absolute atomic E-state index is 7.32. The van der Waals surface area contributed by atoms with Gasteiger partial charge in [0, 0.05) is 6.92 Å². The van der Waals surface area contributed by atoms with Gasteiger partial charge in [0.2, 0.25) is 0 Å². The van der Waals surface area contributed by atoms with Crippen LogP contribution in [0.4, 0.5) is 0 Å². The molecule has 0 spiro atoms. The second-order valence-corrected chi connectivity index (χ2v) is 7.83. The number of nitrogens with zero attached hydrogens (tertiary/aromatic N) is 2. The van der Waals surface area contributed by atoms with Crippen LogP contribution in [0.25, 0.3) is 0 Å². The molecular weight excluding hydrogens is 360 g/mol. The predicted molar refractivity (Wildman–Crippen MR) is 104 cm³/mol. The van der Waals surface area contributed by atoms with Crippen molar-refractivity contribution < 1.29 is 21.5 Å². The zero-order valence-corrected chi connectivity index (χ0v) is 19.0. The lowest BCUT2D eigenvalue weighted by atomic mass is 10.0. The Kier molecular flexibility index (Phi) is 27.4. The number of halogens is 1. The standard InChI is InChI=1S/C19H42N.C2H3N.BrH/c1-5-6-7-8-9-10-11-12-13-14-15-16-17-18-19-20(2,3)4;1-2-3;/h5-19H2,1-4H3;1H3;1H/q+1;;/p-1. The molecule has 0 N–H and O–H groups in total. The highest BCUT2D eigenvalue weighted by Gasteiger charge is 2.04. The van der Waals surface area contributed by atoms with Crippen molar-refractivity contribution in [3.8, 4) is 6.07 Å². The van der Waals surface area contributed by atoms with Crippen molar-refractivity contribution >= 4 is 0 Å². The molecule has 146 valence electrons. The summed E-state index contributed by atoms with van der Waals surface area (Å²) in [4.78, 5) is 0. The largest absolute Gasteiger partial charge is 1.00 e. The highest BCUT2D eigenvalue weighted by atomic mass is 79.9. The first kappa shape index (κ1) is 28.7. The van der Waals surface area contributed by atoms with Crippen molar-refractivity contribution in [3.05, 3.63) is 0 Å². The average molecular weight is 406 g/mol. The first-order chi connectivity index (χ1) is 11.0. The zero-order chi connectivity index (χ0) is 17.8. The molecule has 0 atom stereocenters. The number of unbranched alkanes of at least 4 members (excludes halogenated alkanes) is 13. The van der Waals surface area contributed by atoms with E-state index < -0.39 is 0 Å². The third-order valence-corrected chi connectivity index (χ3v) is 4.18. The lowest BCUT2D eigenvalue weighted by Gasteiger charge is -2.23. The van der Waals surface area contributed by atoms with Crippen LogP contribution in [-0.2, 0) is 0 Å². The third-order valence-electron chi connectivity index (χ3n) is 4.18. The highest BCUT2D eigenvalue weighted by molar-refractivity contribution is 4.51. The maximum Gasteiger partial charge on any atom is 0.0780 e. The van der Waals surface area contributed by atoms with Gasteiger partial charge >= 0.3 is 0 Å². The summed E-state index contributed by atoms with van der Waals surface area (Å²) in [6.07, 6.45) is 20.4. The molecule has 0 saturated carbocycles. The smallest absolute Gasteiger partial charge is 0.0780 e. The molecule has 0 aromatic heterocycles. The van der Waals surface area contributed by atoms with Gasteiger partial charge in [-0.3, -0.25) is 0 Å². The van der Waals surface area contributed by atoms with E-state index in [2.05, 4.69) is 28.1 Å². The van der Waals surface area contributed by atoms with Gasteiger partial charge < -0.3 is 21.5 Å². The maximum atomic E-state index is 7.32. The molecule has 0 aliphatic rings. The summed E-state index contributed by atoms with van der Waals surface area (Å²) in [6, 6.07) is 1.75. The monoisotopic (exact) mass is 404 g/mol. The molecule has 0 radical (unpaired) electrons. The van der Waals surface area contributed by atoms with E-state index in [0.717, 1.165) is 4.48 Å². The van der Waals surface area contributed by atoms with E-state index in [1.165, 1.54) is 103 Å². The van der Waals surface area contributed by atoms with E-state index in [9.17, 15) is 0 Å². The van der Waals surface area contributed by atoms with Gasteiger partial charge in [-0.15, -0.1) is 0 Å². The van der Waals surface area contributed by atoms with Crippen LogP contribution in [0.5, 0.6) is 0 Å². The van der Waals surface area contributed by atoms with Gasteiger partial charge in [0.15, 0.2) is 0 Å². The Labute approximate surface area is 164 Å². The molecule has 0 rings (SSSR count).